The molecule has 1 amide bonds. The summed E-state index contributed by atoms with van der Waals surface area (Å²) in [6.45, 7) is 4.64. The number of nitrogens with zero attached hydrogens (tertiary/aromatic N) is 5. The molecule has 4 rings (SSSR count). The first-order valence-electron chi connectivity index (χ1n) is 9.52. The molecule has 1 fully saturated rings. The Morgan fingerprint density at radius 2 is 2.03 bits per heavy atom. The number of carbonyl (C=O) groups excluding carboxylic acids is 1. The summed E-state index contributed by atoms with van der Waals surface area (Å²) in [7, 11) is 0. The second kappa shape index (κ2) is 8.48. The van der Waals surface area contributed by atoms with Gasteiger partial charge < -0.3 is 10.2 Å². The van der Waals surface area contributed by atoms with E-state index in [-0.39, 0.29) is 11.9 Å². The third-order valence-electron chi connectivity index (χ3n) is 4.86. The van der Waals surface area contributed by atoms with Crippen molar-refractivity contribution in [2.45, 2.75) is 32.7 Å². The first-order valence-corrected chi connectivity index (χ1v) is 10.4. The Morgan fingerprint density at radius 1 is 1.21 bits per heavy atom. The van der Waals surface area contributed by atoms with Crippen LogP contribution in [0.2, 0.25) is 0 Å². The van der Waals surface area contributed by atoms with E-state index >= 15 is 0 Å². The summed E-state index contributed by atoms with van der Waals surface area (Å²) in [5.74, 6) is 1.34. The van der Waals surface area contributed by atoms with E-state index in [1.54, 1.807) is 42.1 Å². The molecule has 1 unspecified atom stereocenters. The molecule has 1 N–H and O–H groups in total. The van der Waals surface area contributed by atoms with Crippen LogP contribution in [0.15, 0.2) is 42.2 Å². The van der Waals surface area contributed by atoms with Gasteiger partial charge in [-0.1, -0.05) is 6.07 Å². The number of likely N-dealkylation sites (tertiary alicyclic amines) is 1. The molecule has 1 aliphatic rings. The molecule has 0 bridgehead atoms. The van der Waals surface area contributed by atoms with Crippen LogP contribution in [0.5, 0.6) is 0 Å². The molecule has 3 aromatic heterocycles. The van der Waals surface area contributed by atoms with Crippen LogP contribution in [0.3, 0.4) is 0 Å². The van der Waals surface area contributed by atoms with Crippen molar-refractivity contribution in [1.29, 1.82) is 0 Å². The largest absolute Gasteiger partial charge is 0.330 e. The van der Waals surface area contributed by atoms with Crippen LogP contribution in [0, 0.1) is 13.8 Å². The second-order valence-corrected chi connectivity index (χ2v) is 7.96. The minimum Gasteiger partial charge on any atom is -0.330 e. The van der Waals surface area contributed by atoms with Gasteiger partial charge in [0.25, 0.3) is 0 Å². The van der Waals surface area contributed by atoms with Gasteiger partial charge in [-0.05, 0) is 44.4 Å². The quantitative estimate of drug-likeness (QED) is 0.643. The SMILES string of the molecule is Cc1nc(/C=C/C(=O)N2CCCC2c2nccnc2Nc2ncccc2C)cs1. The van der Waals surface area contributed by atoms with Gasteiger partial charge >= 0.3 is 0 Å². The van der Waals surface area contributed by atoms with Crippen molar-refractivity contribution in [3.63, 3.8) is 0 Å². The number of hydrogen-bond acceptors (Lipinski definition) is 7. The average Bonchev–Trinajstić information content (AvgIpc) is 3.37. The maximum atomic E-state index is 12.9. The summed E-state index contributed by atoms with van der Waals surface area (Å²) in [5, 5.41) is 6.22. The number of carbonyl (C=O) groups is 1. The molecule has 4 heterocycles. The zero-order chi connectivity index (χ0) is 20.2. The average molecular weight is 407 g/mol. The number of aromatic nitrogens is 4. The molecule has 7 nitrogen and oxygen atoms in total. The van der Waals surface area contributed by atoms with Gasteiger partial charge in [0.15, 0.2) is 5.82 Å². The first-order chi connectivity index (χ1) is 14.1. The van der Waals surface area contributed by atoms with E-state index in [0.717, 1.165) is 40.6 Å². The van der Waals surface area contributed by atoms with Crippen molar-refractivity contribution in [2.24, 2.45) is 0 Å². The molecule has 29 heavy (non-hydrogen) atoms. The minimum atomic E-state index is -0.121. The molecular formula is C21H22N6OS. The summed E-state index contributed by atoms with van der Waals surface area (Å²) in [4.78, 5) is 32.5. The molecule has 0 saturated carbocycles. The van der Waals surface area contributed by atoms with Gasteiger partial charge in [-0.15, -0.1) is 11.3 Å². The number of pyridine rings is 1. The summed E-state index contributed by atoms with van der Waals surface area (Å²) in [5.41, 5.74) is 2.59. The van der Waals surface area contributed by atoms with Gasteiger partial charge in [-0.2, -0.15) is 0 Å². The van der Waals surface area contributed by atoms with E-state index in [9.17, 15) is 4.79 Å². The lowest BCUT2D eigenvalue weighted by molar-refractivity contribution is -0.126. The second-order valence-electron chi connectivity index (χ2n) is 6.90. The number of rotatable bonds is 5. The standard InChI is InChI=1S/C21H22N6OS/c1-14-5-3-9-23-20(14)26-21-19(22-10-11-24-21)17-6-4-12-27(17)18(28)8-7-16-13-29-15(2)25-16/h3,5,7-11,13,17H,4,6,12H2,1-2H3,(H,23,24,26)/b8-7+. The highest BCUT2D eigenvalue weighted by molar-refractivity contribution is 7.09. The van der Waals surface area contributed by atoms with E-state index in [0.29, 0.717) is 12.4 Å². The lowest BCUT2D eigenvalue weighted by Crippen LogP contribution is -2.30. The normalized spacial score (nSPS) is 16.5. The van der Waals surface area contributed by atoms with Crippen LogP contribution in [0.4, 0.5) is 11.6 Å². The van der Waals surface area contributed by atoms with Gasteiger partial charge in [-0.3, -0.25) is 9.78 Å². The monoisotopic (exact) mass is 406 g/mol. The highest BCUT2D eigenvalue weighted by Crippen LogP contribution is 2.35. The molecule has 8 heteroatoms. The van der Waals surface area contributed by atoms with Crippen LogP contribution < -0.4 is 5.32 Å². The third-order valence-corrected chi connectivity index (χ3v) is 5.65. The van der Waals surface area contributed by atoms with Crippen LogP contribution in [-0.4, -0.2) is 37.3 Å². The Balaban J connectivity index is 1.56. The van der Waals surface area contributed by atoms with Gasteiger partial charge in [0.2, 0.25) is 5.91 Å². The fraction of sp³-hybridized carbons (Fsp3) is 0.286. The Bertz CT molecular complexity index is 1050. The maximum absolute atomic E-state index is 12.9. The predicted octanol–water partition coefficient (Wildman–Crippen LogP) is 4.07. The Hall–Kier alpha value is -3.13. The fourth-order valence-corrected chi connectivity index (χ4v) is 4.02. The van der Waals surface area contributed by atoms with Crippen LogP contribution in [-0.2, 0) is 4.79 Å². The van der Waals surface area contributed by atoms with E-state index in [1.807, 2.05) is 36.3 Å². The zero-order valence-electron chi connectivity index (χ0n) is 16.4. The molecule has 0 spiro atoms. The predicted molar refractivity (Wildman–Crippen MR) is 114 cm³/mol. The zero-order valence-corrected chi connectivity index (χ0v) is 17.2. The summed E-state index contributed by atoms with van der Waals surface area (Å²) < 4.78 is 0. The number of nitrogens with one attached hydrogen (secondary N) is 1. The van der Waals surface area contributed by atoms with Gasteiger partial charge in [0, 0.05) is 36.6 Å². The van der Waals surface area contributed by atoms with Crippen molar-refractivity contribution < 1.29 is 4.79 Å². The van der Waals surface area contributed by atoms with E-state index < -0.39 is 0 Å². The summed E-state index contributed by atoms with van der Waals surface area (Å²) in [6.07, 6.45) is 10.2. The summed E-state index contributed by atoms with van der Waals surface area (Å²) >= 11 is 1.57. The molecule has 0 radical (unpaired) electrons. The smallest absolute Gasteiger partial charge is 0.247 e. The van der Waals surface area contributed by atoms with Crippen molar-refractivity contribution in [3.8, 4) is 0 Å². The van der Waals surface area contributed by atoms with Crippen molar-refractivity contribution in [3.05, 3.63) is 64.1 Å². The molecule has 3 aromatic rings. The van der Waals surface area contributed by atoms with Gasteiger partial charge in [0.05, 0.1) is 16.7 Å². The van der Waals surface area contributed by atoms with Crippen LogP contribution >= 0.6 is 11.3 Å². The fourth-order valence-electron chi connectivity index (χ4n) is 3.44. The number of anilines is 2. The van der Waals surface area contributed by atoms with E-state index in [1.165, 1.54) is 0 Å². The Kier molecular flexibility index (Phi) is 5.62. The molecular weight excluding hydrogens is 384 g/mol. The Labute approximate surface area is 173 Å². The third kappa shape index (κ3) is 4.32. The molecule has 148 valence electrons. The molecule has 1 aliphatic heterocycles. The topological polar surface area (TPSA) is 83.9 Å². The Morgan fingerprint density at radius 3 is 2.83 bits per heavy atom. The molecule has 1 atom stereocenters. The summed E-state index contributed by atoms with van der Waals surface area (Å²) in [6, 6.07) is 3.76. The van der Waals surface area contributed by atoms with Crippen LogP contribution in [0.1, 0.15) is 40.8 Å². The minimum absolute atomic E-state index is 0.0382. The number of amides is 1. The lowest BCUT2D eigenvalue weighted by atomic mass is 10.1. The molecule has 1 saturated heterocycles. The highest BCUT2D eigenvalue weighted by atomic mass is 32.1. The highest BCUT2D eigenvalue weighted by Gasteiger charge is 2.32. The lowest BCUT2D eigenvalue weighted by Gasteiger charge is -2.24. The maximum Gasteiger partial charge on any atom is 0.247 e. The van der Waals surface area contributed by atoms with Gasteiger partial charge in [-0.25, -0.2) is 15.0 Å². The number of thiazole rings is 1. The van der Waals surface area contributed by atoms with Crippen LogP contribution in [0.25, 0.3) is 6.08 Å². The number of aryl methyl sites for hydroxylation is 2. The van der Waals surface area contributed by atoms with Gasteiger partial charge in [0.1, 0.15) is 11.5 Å². The first kappa shape index (κ1) is 19.2. The van der Waals surface area contributed by atoms with E-state index in [4.69, 9.17) is 0 Å². The van der Waals surface area contributed by atoms with Crippen molar-refractivity contribution in [1.82, 2.24) is 24.8 Å². The number of hydrogen-bond donors (Lipinski definition) is 1. The van der Waals surface area contributed by atoms with Crippen molar-refractivity contribution >= 4 is 35.0 Å². The molecule has 0 aliphatic carbocycles. The molecule has 0 aromatic carbocycles. The van der Waals surface area contributed by atoms with Crippen molar-refractivity contribution in [2.75, 3.05) is 11.9 Å². The van der Waals surface area contributed by atoms with E-state index in [2.05, 4.69) is 25.3 Å².